The van der Waals surface area contributed by atoms with Crippen LogP contribution in [0.5, 0.6) is 0 Å². The van der Waals surface area contributed by atoms with Crippen LogP contribution in [0.15, 0.2) is 146 Å². The Bertz CT molecular complexity index is 2580. The number of fused-ring (bicyclic) bond motifs is 6. The van der Waals surface area contributed by atoms with Gasteiger partial charge < -0.3 is 9.13 Å². The van der Waals surface area contributed by atoms with Crippen LogP contribution in [0.4, 0.5) is 0 Å². The standard InChI is InChI=1S/C40H24NOP/c42-43(30-11-2-1-3-12-30)37-16-7-5-14-32(37)34-23-36-33(24-38(34)43)31-13-4-6-15-35(31)41(36)29-21-27-19-17-25-9-8-10-26-18-20-28(22-29)40(27)39(25)26/h1-24H. The summed E-state index contributed by atoms with van der Waals surface area (Å²) in [7, 11) is -3.03. The van der Waals surface area contributed by atoms with Crippen molar-refractivity contribution < 1.29 is 4.57 Å². The molecule has 0 aliphatic carbocycles. The summed E-state index contributed by atoms with van der Waals surface area (Å²) in [6.07, 6.45) is 0. The molecule has 1 unspecified atom stereocenters. The van der Waals surface area contributed by atoms with Crippen LogP contribution in [-0.2, 0) is 4.57 Å². The van der Waals surface area contributed by atoms with E-state index in [9.17, 15) is 0 Å². The summed E-state index contributed by atoms with van der Waals surface area (Å²) in [5.74, 6) is 0. The highest BCUT2D eigenvalue weighted by Gasteiger charge is 2.40. The lowest BCUT2D eigenvalue weighted by Gasteiger charge is -2.16. The third kappa shape index (κ3) is 2.96. The van der Waals surface area contributed by atoms with Crippen LogP contribution in [0.1, 0.15) is 0 Å². The zero-order valence-corrected chi connectivity index (χ0v) is 24.1. The minimum absolute atomic E-state index is 0.885. The number of hydrogen-bond donors (Lipinski definition) is 0. The average Bonchev–Trinajstić information content (AvgIpc) is 3.52. The van der Waals surface area contributed by atoms with Crippen molar-refractivity contribution in [2.75, 3.05) is 0 Å². The smallest absolute Gasteiger partial charge is 0.172 e. The summed E-state index contributed by atoms with van der Waals surface area (Å²) < 4.78 is 17.6. The molecule has 1 aromatic heterocycles. The van der Waals surface area contributed by atoms with E-state index >= 15 is 4.57 Å². The van der Waals surface area contributed by atoms with Crippen molar-refractivity contribution in [3.63, 3.8) is 0 Å². The first kappa shape index (κ1) is 23.4. The van der Waals surface area contributed by atoms with E-state index in [-0.39, 0.29) is 0 Å². The van der Waals surface area contributed by atoms with Crippen LogP contribution in [0.3, 0.4) is 0 Å². The van der Waals surface area contributed by atoms with Crippen LogP contribution in [0, 0.1) is 0 Å². The minimum Gasteiger partial charge on any atom is -0.309 e. The molecule has 200 valence electrons. The summed E-state index contributed by atoms with van der Waals surface area (Å²) in [5.41, 5.74) is 5.55. The number of benzene rings is 8. The minimum atomic E-state index is -3.03. The Labute approximate surface area is 248 Å². The Morgan fingerprint density at radius 3 is 1.88 bits per heavy atom. The van der Waals surface area contributed by atoms with E-state index in [0.29, 0.717) is 0 Å². The van der Waals surface area contributed by atoms with Crippen molar-refractivity contribution >= 4 is 77.2 Å². The molecule has 2 heterocycles. The van der Waals surface area contributed by atoms with Gasteiger partial charge in [-0.15, -0.1) is 0 Å². The highest BCUT2D eigenvalue weighted by atomic mass is 31.2. The molecule has 2 nitrogen and oxygen atoms in total. The SMILES string of the molecule is O=P1(c2ccccc2)c2ccccc2-c2cc3c(cc21)c1ccccc1n3-c1cc2ccc3cccc4ccc(c1)c2c34. The van der Waals surface area contributed by atoms with Gasteiger partial charge in [-0.25, -0.2) is 0 Å². The normalized spacial score (nSPS) is 16.1. The molecule has 1 atom stereocenters. The maximum absolute atomic E-state index is 15.2. The zero-order chi connectivity index (χ0) is 28.3. The Hall–Kier alpha value is -5.17. The van der Waals surface area contributed by atoms with E-state index in [1.54, 1.807) is 0 Å². The van der Waals surface area contributed by atoms with Crippen molar-refractivity contribution in [3.05, 3.63) is 146 Å². The summed E-state index contributed by atoms with van der Waals surface area (Å²) in [4.78, 5) is 0. The molecule has 9 aromatic rings. The van der Waals surface area contributed by atoms with E-state index in [1.807, 2.05) is 36.4 Å². The molecule has 0 saturated heterocycles. The molecular formula is C40H24NOP. The maximum Gasteiger partial charge on any atom is 0.172 e. The number of aromatic nitrogens is 1. The number of para-hydroxylation sites is 1. The van der Waals surface area contributed by atoms with E-state index in [0.717, 1.165) is 49.1 Å². The summed E-state index contributed by atoms with van der Waals surface area (Å²) in [6, 6.07) is 51.6. The number of nitrogens with zero attached hydrogens (tertiary/aromatic N) is 1. The highest BCUT2D eigenvalue weighted by Crippen LogP contribution is 2.53. The van der Waals surface area contributed by atoms with Crippen molar-refractivity contribution in [1.29, 1.82) is 0 Å². The molecule has 0 spiro atoms. The first-order valence-electron chi connectivity index (χ1n) is 14.7. The van der Waals surface area contributed by atoms with Gasteiger partial charge in [0.2, 0.25) is 0 Å². The Morgan fingerprint density at radius 1 is 0.442 bits per heavy atom. The van der Waals surface area contributed by atoms with E-state index in [4.69, 9.17) is 0 Å². The third-order valence-electron chi connectivity index (χ3n) is 9.49. The second kappa shape index (κ2) is 8.22. The Balaban J connectivity index is 1.32. The van der Waals surface area contributed by atoms with Gasteiger partial charge in [-0.05, 0) is 73.8 Å². The van der Waals surface area contributed by atoms with E-state index in [2.05, 4.69) is 114 Å². The highest BCUT2D eigenvalue weighted by molar-refractivity contribution is 7.86. The lowest BCUT2D eigenvalue weighted by atomic mass is 9.94. The molecule has 0 fully saturated rings. The van der Waals surface area contributed by atoms with Crippen LogP contribution in [0.2, 0.25) is 0 Å². The summed E-state index contributed by atoms with van der Waals surface area (Å²) in [5, 5.41) is 12.7. The molecule has 0 bridgehead atoms. The van der Waals surface area contributed by atoms with Gasteiger partial charge >= 0.3 is 0 Å². The molecule has 1 aliphatic rings. The van der Waals surface area contributed by atoms with E-state index < -0.39 is 7.14 Å². The Kier molecular flexibility index (Phi) is 4.47. The summed E-state index contributed by atoms with van der Waals surface area (Å²) in [6.45, 7) is 0. The second-order valence-electron chi connectivity index (χ2n) is 11.7. The maximum atomic E-state index is 15.2. The first-order chi connectivity index (χ1) is 21.2. The summed E-state index contributed by atoms with van der Waals surface area (Å²) >= 11 is 0. The van der Waals surface area contributed by atoms with Crippen molar-refractivity contribution in [2.45, 2.75) is 0 Å². The number of rotatable bonds is 2. The van der Waals surface area contributed by atoms with Gasteiger partial charge in [-0.3, -0.25) is 0 Å². The predicted molar refractivity (Wildman–Crippen MR) is 183 cm³/mol. The molecule has 1 aliphatic heterocycles. The van der Waals surface area contributed by atoms with Gasteiger partial charge in [-0.2, -0.15) is 0 Å². The molecule has 3 heteroatoms. The molecule has 0 amide bonds. The first-order valence-corrected chi connectivity index (χ1v) is 16.4. The second-order valence-corrected chi connectivity index (χ2v) is 14.4. The lowest BCUT2D eigenvalue weighted by Crippen LogP contribution is -2.20. The molecule has 10 rings (SSSR count). The van der Waals surface area contributed by atoms with Crippen LogP contribution < -0.4 is 15.9 Å². The molecule has 8 aromatic carbocycles. The van der Waals surface area contributed by atoms with Crippen LogP contribution in [0.25, 0.3) is 70.9 Å². The molecule has 0 saturated carbocycles. The fraction of sp³-hybridized carbons (Fsp3) is 0. The predicted octanol–water partition coefficient (Wildman–Crippen LogP) is 9.30. The van der Waals surface area contributed by atoms with Crippen LogP contribution in [-0.4, -0.2) is 4.57 Å². The van der Waals surface area contributed by atoms with Crippen LogP contribution >= 0.6 is 7.14 Å². The molecule has 0 radical (unpaired) electrons. The van der Waals surface area contributed by atoms with Crippen molar-refractivity contribution in [1.82, 2.24) is 4.57 Å². The van der Waals surface area contributed by atoms with Gasteiger partial charge in [0, 0.05) is 32.4 Å². The van der Waals surface area contributed by atoms with Gasteiger partial charge in [0.1, 0.15) is 0 Å². The quantitative estimate of drug-likeness (QED) is 0.151. The zero-order valence-electron chi connectivity index (χ0n) is 23.2. The average molecular weight is 566 g/mol. The Morgan fingerprint density at radius 2 is 1.09 bits per heavy atom. The van der Waals surface area contributed by atoms with Gasteiger partial charge in [0.25, 0.3) is 0 Å². The van der Waals surface area contributed by atoms with Crippen molar-refractivity contribution in [3.8, 4) is 16.8 Å². The fourth-order valence-corrected chi connectivity index (χ4v) is 10.7. The van der Waals surface area contributed by atoms with Gasteiger partial charge in [-0.1, -0.05) is 115 Å². The lowest BCUT2D eigenvalue weighted by molar-refractivity contribution is 0.593. The fourth-order valence-electron chi connectivity index (χ4n) is 7.65. The van der Waals surface area contributed by atoms with Crippen molar-refractivity contribution in [2.24, 2.45) is 0 Å². The molecule has 43 heavy (non-hydrogen) atoms. The molecule has 0 N–H and O–H groups in total. The monoisotopic (exact) mass is 565 g/mol. The third-order valence-corrected chi connectivity index (χ3v) is 12.6. The molecular weight excluding hydrogens is 541 g/mol. The largest absolute Gasteiger partial charge is 0.309 e. The van der Waals surface area contributed by atoms with Gasteiger partial charge in [0.15, 0.2) is 7.14 Å². The van der Waals surface area contributed by atoms with Gasteiger partial charge in [0.05, 0.1) is 11.0 Å². The topological polar surface area (TPSA) is 22.0 Å². The van der Waals surface area contributed by atoms with E-state index in [1.165, 1.54) is 37.7 Å². The number of hydrogen-bond acceptors (Lipinski definition) is 1.